The summed E-state index contributed by atoms with van der Waals surface area (Å²) in [5, 5.41) is 0. The van der Waals surface area contributed by atoms with Gasteiger partial charge >= 0.3 is 0 Å². The summed E-state index contributed by atoms with van der Waals surface area (Å²) in [4.78, 5) is 39.0. The normalized spacial score (nSPS) is 10.9. The highest BCUT2D eigenvalue weighted by atomic mass is 19.1. The molecule has 5 rings (SSSR count). The first-order valence-electron chi connectivity index (χ1n) is 12.0. The predicted molar refractivity (Wildman–Crippen MR) is 142 cm³/mol. The molecular formula is C29H22F2N4O5. The van der Waals surface area contributed by atoms with Crippen molar-refractivity contribution in [1.29, 1.82) is 0 Å². The Morgan fingerprint density at radius 1 is 0.925 bits per heavy atom. The van der Waals surface area contributed by atoms with Crippen LogP contribution in [0, 0.1) is 18.6 Å². The largest absolute Gasteiger partial charge is 0.491 e. The molecule has 0 N–H and O–H groups in total. The maximum atomic E-state index is 15.1. The molecule has 0 aliphatic heterocycles. The molecule has 0 saturated heterocycles. The molecule has 11 heteroatoms. The second-order valence-corrected chi connectivity index (χ2v) is 8.70. The molecule has 0 aliphatic rings. The Kier molecular flexibility index (Phi) is 7.19. The first-order valence-corrected chi connectivity index (χ1v) is 12.0. The van der Waals surface area contributed by atoms with Gasteiger partial charge < -0.3 is 14.2 Å². The molecule has 0 amide bonds. The number of Topliss-reactive ketones (excluding diaryl/α,β-unsaturated/α-hetero) is 1. The first kappa shape index (κ1) is 26.4. The Morgan fingerprint density at radius 2 is 1.70 bits per heavy atom. The number of fused-ring (bicyclic) bond motifs is 1. The van der Waals surface area contributed by atoms with Crippen LogP contribution in [-0.2, 0) is 6.42 Å². The fraction of sp³-hybridized carbons (Fsp3) is 0.138. The lowest BCUT2D eigenvalue weighted by Gasteiger charge is -2.12. The highest BCUT2D eigenvalue weighted by Gasteiger charge is 2.20. The number of hydrogen-bond donors (Lipinski definition) is 0. The summed E-state index contributed by atoms with van der Waals surface area (Å²) in [6, 6.07) is 12.5. The Hall–Kier alpha value is -5.19. The van der Waals surface area contributed by atoms with Crippen molar-refractivity contribution in [1.82, 2.24) is 19.5 Å². The highest BCUT2D eigenvalue weighted by molar-refractivity contribution is 5.98. The van der Waals surface area contributed by atoms with Crippen molar-refractivity contribution in [3.8, 4) is 28.8 Å². The summed E-state index contributed by atoms with van der Waals surface area (Å²) in [7, 11) is 2.92. The molecule has 9 nitrogen and oxygen atoms in total. The van der Waals surface area contributed by atoms with E-state index in [2.05, 4.69) is 15.0 Å². The number of rotatable bonds is 8. The van der Waals surface area contributed by atoms with Crippen LogP contribution in [-0.4, -0.2) is 39.5 Å². The predicted octanol–water partition coefficient (Wildman–Crippen LogP) is 5.00. The fourth-order valence-electron chi connectivity index (χ4n) is 4.16. The van der Waals surface area contributed by atoms with Crippen LogP contribution in [0.4, 0.5) is 8.78 Å². The van der Waals surface area contributed by atoms with E-state index >= 15 is 4.39 Å². The average molecular weight is 545 g/mol. The van der Waals surface area contributed by atoms with E-state index in [1.165, 1.54) is 69.2 Å². The van der Waals surface area contributed by atoms with E-state index in [0.29, 0.717) is 28.0 Å². The van der Waals surface area contributed by atoms with E-state index in [-0.39, 0.29) is 35.1 Å². The minimum atomic E-state index is -0.720. The van der Waals surface area contributed by atoms with Gasteiger partial charge in [-0.3, -0.25) is 19.1 Å². The number of ketones is 1. The van der Waals surface area contributed by atoms with Gasteiger partial charge in [-0.15, -0.1) is 0 Å². The van der Waals surface area contributed by atoms with Gasteiger partial charge in [0.1, 0.15) is 23.2 Å². The minimum Gasteiger partial charge on any atom is -0.491 e. The third kappa shape index (κ3) is 5.08. The molecule has 0 aliphatic carbocycles. The van der Waals surface area contributed by atoms with Crippen LogP contribution in [0.15, 0.2) is 71.9 Å². The van der Waals surface area contributed by atoms with Crippen molar-refractivity contribution in [3.05, 3.63) is 106 Å². The Labute approximate surface area is 226 Å². The van der Waals surface area contributed by atoms with Gasteiger partial charge in [-0.25, -0.2) is 18.7 Å². The second kappa shape index (κ2) is 10.9. The molecule has 3 heterocycles. The molecule has 0 saturated carbocycles. The van der Waals surface area contributed by atoms with Crippen molar-refractivity contribution in [2.24, 2.45) is 0 Å². The first-order chi connectivity index (χ1) is 19.3. The second-order valence-electron chi connectivity index (χ2n) is 8.70. The number of ether oxygens (including phenoxy) is 3. The zero-order chi connectivity index (χ0) is 28.4. The summed E-state index contributed by atoms with van der Waals surface area (Å²) in [6.07, 6.45) is 2.51. The molecular weight excluding hydrogens is 522 g/mol. The van der Waals surface area contributed by atoms with E-state index in [4.69, 9.17) is 14.2 Å². The van der Waals surface area contributed by atoms with Crippen LogP contribution < -0.4 is 19.8 Å². The fourth-order valence-corrected chi connectivity index (χ4v) is 4.16. The maximum Gasteiger partial charge on any atom is 0.269 e. The van der Waals surface area contributed by atoms with Gasteiger partial charge in [0.2, 0.25) is 0 Å². The van der Waals surface area contributed by atoms with Crippen molar-refractivity contribution < 1.29 is 27.8 Å². The lowest BCUT2D eigenvalue weighted by atomic mass is 10.0. The van der Waals surface area contributed by atoms with Gasteiger partial charge in [-0.05, 0) is 48.9 Å². The van der Waals surface area contributed by atoms with E-state index in [1.807, 2.05) is 0 Å². The number of carbonyl (C=O) groups is 1. The smallest absolute Gasteiger partial charge is 0.269 e. The zero-order valence-corrected chi connectivity index (χ0v) is 21.6. The topological polar surface area (TPSA) is 105 Å². The molecule has 3 aromatic heterocycles. The van der Waals surface area contributed by atoms with Gasteiger partial charge in [0.25, 0.3) is 11.4 Å². The molecule has 5 aromatic rings. The van der Waals surface area contributed by atoms with Gasteiger partial charge in [0.15, 0.2) is 28.8 Å². The monoisotopic (exact) mass is 544 g/mol. The number of methoxy groups -OCH3 is 2. The molecule has 2 aromatic carbocycles. The molecule has 0 unspecified atom stereocenters. The third-order valence-electron chi connectivity index (χ3n) is 6.15. The van der Waals surface area contributed by atoms with E-state index in [9.17, 15) is 14.0 Å². The number of benzene rings is 2. The third-order valence-corrected chi connectivity index (χ3v) is 6.15. The molecule has 202 valence electrons. The van der Waals surface area contributed by atoms with Crippen molar-refractivity contribution in [2.45, 2.75) is 13.3 Å². The number of aryl methyl sites for hydroxylation is 1. The lowest BCUT2D eigenvalue weighted by molar-refractivity contribution is 0.0990. The van der Waals surface area contributed by atoms with Crippen LogP contribution in [0.3, 0.4) is 0 Å². The summed E-state index contributed by atoms with van der Waals surface area (Å²) in [6.45, 7) is 1.54. The standard InChI is InChI=1S/C29H22F2N4O5/c1-16-26(29(37)35(15-33-16)19-7-5-18(30)6-8-19)22(36)13-17-4-9-23(20(31)12-17)40-24-10-11-32-21-14-25(38-2)28(39-3)34-27(21)24/h4-12,14-15H,13H2,1-3H3. The van der Waals surface area contributed by atoms with Crippen molar-refractivity contribution in [3.63, 3.8) is 0 Å². The molecule has 0 radical (unpaired) electrons. The van der Waals surface area contributed by atoms with Crippen LogP contribution in [0.5, 0.6) is 23.1 Å². The number of pyridine rings is 2. The number of carbonyl (C=O) groups excluding carboxylic acids is 1. The van der Waals surface area contributed by atoms with Gasteiger partial charge in [0, 0.05) is 24.8 Å². The Balaban J connectivity index is 1.40. The quantitative estimate of drug-likeness (QED) is 0.252. The zero-order valence-electron chi connectivity index (χ0n) is 21.6. The van der Waals surface area contributed by atoms with E-state index in [1.54, 1.807) is 13.0 Å². The molecule has 0 bridgehead atoms. The molecule has 40 heavy (non-hydrogen) atoms. The highest BCUT2D eigenvalue weighted by Crippen LogP contribution is 2.34. The molecule has 0 fully saturated rings. The summed E-state index contributed by atoms with van der Waals surface area (Å²) in [5.41, 5.74) is 0.974. The summed E-state index contributed by atoms with van der Waals surface area (Å²) in [5.74, 6) is -0.986. The molecule has 0 spiro atoms. The van der Waals surface area contributed by atoms with E-state index in [0.717, 1.165) is 10.6 Å². The van der Waals surface area contributed by atoms with Crippen molar-refractivity contribution in [2.75, 3.05) is 14.2 Å². The minimum absolute atomic E-state index is 0.100. The summed E-state index contributed by atoms with van der Waals surface area (Å²) < 4.78 is 45.9. The summed E-state index contributed by atoms with van der Waals surface area (Å²) >= 11 is 0. The Morgan fingerprint density at radius 3 is 2.40 bits per heavy atom. The maximum absolute atomic E-state index is 15.1. The van der Waals surface area contributed by atoms with Crippen LogP contribution in [0.1, 0.15) is 21.6 Å². The van der Waals surface area contributed by atoms with Crippen LogP contribution in [0.2, 0.25) is 0 Å². The number of aromatic nitrogens is 4. The SMILES string of the molecule is COc1cc2nccc(Oc3ccc(CC(=O)c4c(C)ncn(-c5ccc(F)cc5)c4=O)cc3F)c2nc1OC. The average Bonchev–Trinajstić information content (AvgIpc) is 2.94. The van der Waals surface area contributed by atoms with E-state index < -0.39 is 23.0 Å². The number of hydrogen-bond acceptors (Lipinski definition) is 8. The van der Waals surface area contributed by atoms with Gasteiger partial charge in [-0.2, -0.15) is 0 Å². The van der Waals surface area contributed by atoms with Gasteiger partial charge in [-0.1, -0.05) is 6.07 Å². The Bertz CT molecular complexity index is 1810. The van der Waals surface area contributed by atoms with Crippen molar-refractivity contribution >= 4 is 16.8 Å². The van der Waals surface area contributed by atoms with Gasteiger partial charge in [0.05, 0.1) is 31.1 Å². The molecule has 0 atom stereocenters. The van der Waals surface area contributed by atoms with Crippen LogP contribution >= 0.6 is 0 Å². The number of nitrogens with zero attached hydrogens (tertiary/aromatic N) is 4. The lowest BCUT2D eigenvalue weighted by Crippen LogP contribution is -2.28. The van der Waals surface area contributed by atoms with Crippen LogP contribution in [0.25, 0.3) is 16.7 Å². The number of halogens is 2.